The Morgan fingerprint density at radius 2 is 1.86 bits per heavy atom. The van der Waals surface area contributed by atoms with Crippen LogP contribution in [0.25, 0.3) is 0 Å². The third kappa shape index (κ3) is 5.66. The molecule has 0 saturated carbocycles. The first-order chi connectivity index (χ1) is 13.8. The Hall–Kier alpha value is -2.20. The van der Waals surface area contributed by atoms with Crippen LogP contribution in [0, 0.1) is 5.92 Å². The van der Waals surface area contributed by atoms with Crippen LogP contribution in [0.2, 0.25) is 0 Å². The van der Waals surface area contributed by atoms with Crippen molar-refractivity contribution >= 4 is 23.7 Å². The topological polar surface area (TPSA) is 148 Å². The van der Waals surface area contributed by atoms with Crippen molar-refractivity contribution in [2.24, 2.45) is 5.92 Å². The van der Waals surface area contributed by atoms with E-state index in [1.807, 2.05) is 13.8 Å². The summed E-state index contributed by atoms with van der Waals surface area (Å²) in [7, 11) is 0. The second-order valence-electron chi connectivity index (χ2n) is 7.79. The Bertz CT molecular complexity index is 622. The largest absolute Gasteiger partial charge is 0.480 e. The first kappa shape index (κ1) is 23.1. The van der Waals surface area contributed by atoms with Crippen LogP contribution in [0.1, 0.15) is 46.0 Å². The van der Waals surface area contributed by atoms with E-state index in [4.69, 9.17) is 10.2 Å². The standard InChI is InChI=1S/C19H32N4O6/c1-3-11(2)15(22-16(25)12-6-4-8-20-12)18(27)23-9-5-7-14(23)17(26)21-13(10-24)19(28)29/h11-15,20,24H,3-10H2,1-2H3,(H,21,26)(H,22,25)(H,28,29). The minimum Gasteiger partial charge on any atom is -0.480 e. The number of nitrogens with one attached hydrogen (secondary N) is 3. The van der Waals surface area contributed by atoms with E-state index in [0.717, 1.165) is 19.4 Å². The van der Waals surface area contributed by atoms with Gasteiger partial charge in [0.25, 0.3) is 0 Å². The summed E-state index contributed by atoms with van der Waals surface area (Å²) < 4.78 is 0. The number of hydrogen-bond acceptors (Lipinski definition) is 6. The zero-order valence-electron chi connectivity index (χ0n) is 17.0. The number of hydrogen-bond donors (Lipinski definition) is 5. The smallest absolute Gasteiger partial charge is 0.328 e. The molecule has 5 atom stereocenters. The molecule has 2 aliphatic heterocycles. The number of carboxylic acid groups (broad SMARTS) is 1. The lowest BCUT2D eigenvalue weighted by Gasteiger charge is -2.32. The molecule has 0 bridgehead atoms. The van der Waals surface area contributed by atoms with Gasteiger partial charge in [-0.1, -0.05) is 20.3 Å². The molecule has 0 aromatic carbocycles. The summed E-state index contributed by atoms with van der Waals surface area (Å²) in [5, 5.41) is 26.4. The van der Waals surface area contributed by atoms with Crippen LogP contribution in [-0.4, -0.2) is 82.7 Å². The van der Waals surface area contributed by atoms with E-state index in [2.05, 4.69) is 16.0 Å². The second-order valence-corrected chi connectivity index (χ2v) is 7.79. The first-order valence-corrected chi connectivity index (χ1v) is 10.3. The molecule has 5 N–H and O–H groups in total. The molecule has 5 unspecified atom stereocenters. The van der Waals surface area contributed by atoms with Gasteiger partial charge in [-0.15, -0.1) is 0 Å². The van der Waals surface area contributed by atoms with Gasteiger partial charge in [0, 0.05) is 6.54 Å². The van der Waals surface area contributed by atoms with Crippen LogP contribution in [0.4, 0.5) is 0 Å². The van der Waals surface area contributed by atoms with Gasteiger partial charge >= 0.3 is 5.97 Å². The number of likely N-dealkylation sites (tertiary alicyclic amines) is 1. The molecule has 2 heterocycles. The van der Waals surface area contributed by atoms with Crippen molar-refractivity contribution < 1.29 is 29.4 Å². The fourth-order valence-electron chi connectivity index (χ4n) is 3.78. The molecule has 0 aromatic heterocycles. The fourth-order valence-corrected chi connectivity index (χ4v) is 3.78. The summed E-state index contributed by atoms with van der Waals surface area (Å²) in [6.07, 6.45) is 3.31. The van der Waals surface area contributed by atoms with Crippen LogP contribution >= 0.6 is 0 Å². The third-order valence-corrected chi connectivity index (χ3v) is 5.79. The zero-order valence-corrected chi connectivity index (χ0v) is 17.0. The highest BCUT2D eigenvalue weighted by atomic mass is 16.4. The van der Waals surface area contributed by atoms with Crippen molar-refractivity contribution in [1.82, 2.24) is 20.9 Å². The molecule has 164 valence electrons. The van der Waals surface area contributed by atoms with Gasteiger partial charge in [0.05, 0.1) is 12.6 Å². The number of rotatable bonds is 9. The summed E-state index contributed by atoms with van der Waals surface area (Å²) in [4.78, 5) is 50.8. The lowest BCUT2D eigenvalue weighted by atomic mass is 9.96. The van der Waals surface area contributed by atoms with Crippen molar-refractivity contribution in [3.05, 3.63) is 0 Å². The van der Waals surface area contributed by atoms with Gasteiger partial charge in [0.15, 0.2) is 0 Å². The van der Waals surface area contributed by atoms with Crippen molar-refractivity contribution in [3.63, 3.8) is 0 Å². The zero-order chi connectivity index (χ0) is 21.6. The fraction of sp³-hybridized carbons (Fsp3) is 0.789. The van der Waals surface area contributed by atoms with Gasteiger partial charge in [-0.05, 0) is 38.1 Å². The molecular weight excluding hydrogens is 380 g/mol. The van der Waals surface area contributed by atoms with E-state index in [1.165, 1.54) is 4.90 Å². The molecule has 0 aromatic rings. The predicted octanol–water partition coefficient (Wildman–Crippen LogP) is -1.18. The summed E-state index contributed by atoms with van der Waals surface area (Å²) in [5.41, 5.74) is 0. The van der Waals surface area contributed by atoms with E-state index in [1.54, 1.807) is 0 Å². The molecule has 10 heteroatoms. The Labute approximate surface area is 170 Å². The van der Waals surface area contributed by atoms with Crippen molar-refractivity contribution in [1.29, 1.82) is 0 Å². The van der Waals surface area contributed by atoms with Gasteiger partial charge in [0.1, 0.15) is 18.1 Å². The quantitative estimate of drug-likeness (QED) is 0.320. The summed E-state index contributed by atoms with van der Waals surface area (Å²) in [5.74, 6) is -2.62. The van der Waals surface area contributed by atoms with Gasteiger partial charge < -0.3 is 31.1 Å². The molecule has 2 aliphatic rings. The highest BCUT2D eigenvalue weighted by molar-refractivity contribution is 5.94. The average Bonchev–Trinajstić information content (AvgIpc) is 3.40. The summed E-state index contributed by atoms with van der Waals surface area (Å²) >= 11 is 0. The maximum Gasteiger partial charge on any atom is 0.328 e. The maximum absolute atomic E-state index is 13.2. The van der Waals surface area contributed by atoms with Crippen LogP contribution in [0.5, 0.6) is 0 Å². The minimum atomic E-state index is -1.42. The molecule has 2 saturated heterocycles. The number of carboxylic acids is 1. The van der Waals surface area contributed by atoms with Gasteiger partial charge in [-0.2, -0.15) is 0 Å². The number of aliphatic hydroxyl groups is 1. The average molecular weight is 412 g/mol. The van der Waals surface area contributed by atoms with Crippen LogP contribution < -0.4 is 16.0 Å². The molecule has 0 aliphatic carbocycles. The summed E-state index contributed by atoms with van der Waals surface area (Å²) in [6, 6.07) is -3.30. The first-order valence-electron chi connectivity index (χ1n) is 10.3. The van der Waals surface area contributed by atoms with Crippen LogP contribution in [0.3, 0.4) is 0 Å². The highest BCUT2D eigenvalue weighted by Gasteiger charge is 2.40. The predicted molar refractivity (Wildman–Crippen MR) is 104 cm³/mol. The van der Waals surface area contributed by atoms with Crippen LogP contribution in [0.15, 0.2) is 0 Å². The molecule has 0 spiro atoms. The normalized spacial score (nSPS) is 24.6. The van der Waals surface area contributed by atoms with E-state index < -0.39 is 36.6 Å². The number of nitrogens with zero attached hydrogens (tertiary/aromatic N) is 1. The van der Waals surface area contributed by atoms with Gasteiger partial charge in [-0.25, -0.2) is 4.79 Å². The SMILES string of the molecule is CCC(C)C(NC(=O)C1CCCN1)C(=O)N1CCCC1C(=O)NC(CO)C(=O)O. The molecule has 3 amide bonds. The second kappa shape index (κ2) is 10.5. The monoisotopic (exact) mass is 412 g/mol. The van der Waals surface area contributed by atoms with Crippen molar-refractivity contribution in [3.8, 4) is 0 Å². The molecule has 0 radical (unpaired) electrons. The molecule has 29 heavy (non-hydrogen) atoms. The Kier molecular flexibility index (Phi) is 8.39. The van der Waals surface area contributed by atoms with E-state index >= 15 is 0 Å². The third-order valence-electron chi connectivity index (χ3n) is 5.79. The molecular formula is C19H32N4O6. The minimum absolute atomic E-state index is 0.124. The Morgan fingerprint density at radius 1 is 1.14 bits per heavy atom. The van der Waals surface area contributed by atoms with E-state index in [9.17, 15) is 19.2 Å². The van der Waals surface area contributed by atoms with Crippen molar-refractivity contribution in [2.45, 2.75) is 70.1 Å². The van der Waals surface area contributed by atoms with E-state index in [-0.39, 0.29) is 23.8 Å². The maximum atomic E-state index is 13.2. The molecule has 10 nitrogen and oxygen atoms in total. The van der Waals surface area contributed by atoms with E-state index in [0.29, 0.717) is 25.8 Å². The van der Waals surface area contributed by atoms with Gasteiger partial charge in [-0.3, -0.25) is 14.4 Å². The lowest BCUT2D eigenvalue weighted by Crippen LogP contribution is -2.58. The number of carbonyl (C=O) groups excluding carboxylic acids is 3. The highest BCUT2D eigenvalue weighted by Crippen LogP contribution is 2.22. The molecule has 2 rings (SSSR count). The van der Waals surface area contributed by atoms with Crippen LogP contribution in [-0.2, 0) is 19.2 Å². The number of aliphatic carboxylic acids is 1. The molecule has 2 fully saturated rings. The Morgan fingerprint density at radius 3 is 2.41 bits per heavy atom. The Balaban J connectivity index is 2.10. The lowest BCUT2D eigenvalue weighted by molar-refractivity contribution is -0.146. The van der Waals surface area contributed by atoms with Gasteiger partial charge in [0.2, 0.25) is 17.7 Å². The number of amides is 3. The van der Waals surface area contributed by atoms with Crippen molar-refractivity contribution in [2.75, 3.05) is 19.7 Å². The number of carbonyl (C=O) groups is 4. The number of aliphatic hydroxyl groups excluding tert-OH is 1. The summed E-state index contributed by atoms with van der Waals surface area (Å²) in [6.45, 7) is 4.20.